The summed E-state index contributed by atoms with van der Waals surface area (Å²) in [6.07, 6.45) is 0.470. The predicted molar refractivity (Wildman–Crippen MR) is 35.2 cm³/mol. The van der Waals surface area contributed by atoms with Crippen molar-refractivity contribution in [3.05, 3.63) is 0 Å². The van der Waals surface area contributed by atoms with Crippen molar-refractivity contribution in [1.29, 1.82) is 0 Å². The van der Waals surface area contributed by atoms with E-state index in [2.05, 4.69) is 0 Å². The summed E-state index contributed by atoms with van der Waals surface area (Å²) in [5.41, 5.74) is 0. The van der Waals surface area contributed by atoms with Crippen molar-refractivity contribution in [3.63, 3.8) is 0 Å². The van der Waals surface area contributed by atoms with Gasteiger partial charge in [0.25, 0.3) is 0 Å². The van der Waals surface area contributed by atoms with Gasteiger partial charge in [-0.2, -0.15) is 0 Å². The first-order valence-electron chi connectivity index (χ1n) is 2.97. The van der Waals surface area contributed by atoms with E-state index < -0.39 is 0 Å². The molecule has 0 aromatic heterocycles. The Morgan fingerprint density at radius 2 is 2.33 bits per heavy atom. The van der Waals surface area contributed by atoms with Crippen LogP contribution in [-0.4, -0.2) is 42.5 Å². The average molecular weight is 131 g/mol. The van der Waals surface area contributed by atoms with Gasteiger partial charge in [0.2, 0.25) is 0 Å². The van der Waals surface area contributed by atoms with Crippen LogP contribution in [0.2, 0.25) is 0 Å². The van der Waals surface area contributed by atoms with Gasteiger partial charge in [-0.05, 0) is 14.0 Å². The first-order chi connectivity index (χ1) is 4.16. The molecule has 1 N–H and O–H groups in total. The van der Waals surface area contributed by atoms with Crippen LogP contribution in [0.3, 0.4) is 0 Å². The Morgan fingerprint density at radius 3 is 2.67 bits per heavy atom. The molecule has 0 aromatic rings. The molecule has 0 aliphatic heterocycles. The summed E-state index contributed by atoms with van der Waals surface area (Å²) in [4.78, 5) is 11.6. The van der Waals surface area contributed by atoms with E-state index in [1.54, 1.807) is 18.9 Å². The fraction of sp³-hybridized carbons (Fsp3) is 0.833. The van der Waals surface area contributed by atoms with E-state index in [0.717, 1.165) is 6.29 Å². The van der Waals surface area contributed by atoms with Gasteiger partial charge in [-0.25, -0.2) is 0 Å². The van der Waals surface area contributed by atoms with Gasteiger partial charge < -0.3 is 9.90 Å². The Kier molecular flexibility index (Phi) is 4.26. The van der Waals surface area contributed by atoms with Crippen molar-refractivity contribution < 1.29 is 9.90 Å². The zero-order chi connectivity index (χ0) is 7.28. The minimum atomic E-state index is -0.352. The maximum Gasteiger partial charge on any atom is 0.133 e. The van der Waals surface area contributed by atoms with Crippen molar-refractivity contribution in [2.24, 2.45) is 0 Å². The van der Waals surface area contributed by atoms with E-state index in [1.165, 1.54) is 0 Å². The summed E-state index contributed by atoms with van der Waals surface area (Å²) in [7, 11) is 1.79. The second kappa shape index (κ2) is 4.47. The fourth-order valence-electron chi connectivity index (χ4n) is 0.653. The van der Waals surface area contributed by atoms with Crippen LogP contribution in [0.15, 0.2) is 0 Å². The summed E-state index contributed by atoms with van der Waals surface area (Å²) >= 11 is 0. The van der Waals surface area contributed by atoms with E-state index in [1.807, 2.05) is 0 Å². The molecule has 3 nitrogen and oxygen atoms in total. The van der Waals surface area contributed by atoms with E-state index in [4.69, 9.17) is 5.11 Å². The van der Waals surface area contributed by atoms with Crippen molar-refractivity contribution >= 4 is 6.29 Å². The molecule has 0 amide bonds. The number of hydrogen-bond acceptors (Lipinski definition) is 3. The van der Waals surface area contributed by atoms with E-state index in [0.29, 0.717) is 13.1 Å². The molecule has 0 radical (unpaired) electrons. The minimum Gasteiger partial charge on any atom is -0.392 e. The number of hydrogen-bond donors (Lipinski definition) is 1. The van der Waals surface area contributed by atoms with E-state index in [9.17, 15) is 4.79 Å². The van der Waals surface area contributed by atoms with E-state index in [-0.39, 0.29) is 6.10 Å². The molecule has 0 aliphatic carbocycles. The molecule has 0 saturated heterocycles. The highest BCUT2D eigenvalue weighted by molar-refractivity contribution is 5.51. The predicted octanol–water partition coefficient (Wildman–Crippen LogP) is -0.502. The molecule has 0 bridgehead atoms. The molecule has 0 aliphatic rings. The number of nitrogens with zero attached hydrogens (tertiary/aromatic N) is 1. The number of carbonyl (C=O) groups is 1. The fourth-order valence-corrected chi connectivity index (χ4v) is 0.653. The van der Waals surface area contributed by atoms with Gasteiger partial charge >= 0.3 is 0 Å². The van der Waals surface area contributed by atoms with Gasteiger partial charge in [-0.15, -0.1) is 0 Å². The van der Waals surface area contributed by atoms with Crippen molar-refractivity contribution in [3.8, 4) is 0 Å². The van der Waals surface area contributed by atoms with Gasteiger partial charge in [0, 0.05) is 6.54 Å². The van der Waals surface area contributed by atoms with Crippen LogP contribution in [0.5, 0.6) is 0 Å². The van der Waals surface area contributed by atoms with Crippen molar-refractivity contribution in [2.45, 2.75) is 13.0 Å². The molecular weight excluding hydrogens is 118 g/mol. The number of rotatable bonds is 4. The van der Waals surface area contributed by atoms with Gasteiger partial charge in [0.1, 0.15) is 6.29 Å². The highest BCUT2D eigenvalue weighted by atomic mass is 16.3. The summed E-state index contributed by atoms with van der Waals surface area (Å²) < 4.78 is 0. The lowest BCUT2D eigenvalue weighted by Gasteiger charge is -2.13. The smallest absolute Gasteiger partial charge is 0.133 e. The van der Waals surface area contributed by atoms with Gasteiger partial charge in [-0.1, -0.05) is 0 Å². The first kappa shape index (κ1) is 8.59. The Labute approximate surface area is 55.3 Å². The summed E-state index contributed by atoms with van der Waals surface area (Å²) in [5.74, 6) is 0. The van der Waals surface area contributed by atoms with Crippen LogP contribution < -0.4 is 0 Å². The molecule has 0 spiro atoms. The molecule has 0 aromatic carbocycles. The van der Waals surface area contributed by atoms with E-state index >= 15 is 0 Å². The summed E-state index contributed by atoms with van der Waals surface area (Å²) in [6.45, 7) is 2.64. The SMILES string of the molecule is C[C@@H](O)CN(C)CC=O. The van der Waals surface area contributed by atoms with Gasteiger partial charge in [-0.3, -0.25) is 4.90 Å². The second-order valence-corrected chi connectivity index (χ2v) is 2.24. The van der Waals surface area contributed by atoms with Crippen LogP contribution in [0.25, 0.3) is 0 Å². The average Bonchev–Trinajstić information content (AvgIpc) is 1.63. The number of aliphatic hydroxyl groups is 1. The standard InChI is InChI=1S/C6H13NO2/c1-6(9)5-7(2)3-4-8/h4,6,9H,3,5H2,1-2H3/t6-/m1/s1. The molecule has 0 saturated carbocycles. The summed E-state index contributed by atoms with van der Waals surface area (Å²) in [5, 5.41) is 8.79. The highest BCUT2D eigenvalue weighted by Gasteiger charge is 1.99. The molecule has 0 fully saturated rings. The number of likely N-dealkylation sites (N-methyl/N-ethyl adjacent to an activating group) is 1. The molecular formula is C6H13NO2. The highest BCUT2D eigenvalue weighted by Crippen LogP contribution is 1.84. The normalized spacial score (nSPS) is 13.8. The minimum absolute atomic E-state index is 0.352. The molecule has 1 atom stereocenters. The van der Waals surface area contributed by atoms with Crippen LogP contribution >= 0.6 is 0 Å². The maximum atomic E-state index is 9.87. The Balaban J connectivity index is 3.25. The molecule has 0 unspecified atom stereocenters. The lowest BCUT2D eigenvalue weighted by Crippen LogP contribution is -2.28. The van der Waals surface area contributed by atoms with Crippen LogP contribution in [-0.2, 0) is 4.79 Å². The van der Waals surface area contributed by atoms with Crippen LogP contribution in [0, 0.1) is 0 Å². The monoisotopic (exact) mass is 131 g/mol. The number of aliphatic hydroxyl groups excluding tert-OH is 1. The zero-order valence-electron chi connectivity index (χ0n) is 5.87. The first-order valence-corrected chi connectivity index (χ1v) is 2.97. The van der Waals surface area contributed by atoms with Crippen molar-refractivity contribution in [1.82, 2.24) is 4.90 Å². The third-order valence-corrected chi connectivity index (χ3v) is 0.962. The lowest BCUT2D eigenvalue weighted by atomic mass is 10.4. The lowest BCUT2D eigenvalue weighted by molar-refractivity contribution is -0.108. The Bertz CT molecular complexity index is 83.1. The Hall–Kier alpha value is -0.410. The van der Waals surface area contributed by atoms with Crippen LogP contribution in [0.1, 0.15) is 6.92 Å². The number of carbonyl (C=O) groups excluding carboxylic acids is 1. The van der Waals surface area contributed by atoms with Gasteiger partial charge in [0.15, 0.2) is 0 Å². The third kappa shape index (κ3) is 5.46. The molecule has 9 heavy (non-hydrogen) atoms. The third-order valence-electron chi connectivity index (χ3n) is 0.962. The Morgan fingerprint density at radius 1 is 1.78 bits per heavy atom. The van der Waals surface area contributed by atoms with Crippen LogP contribution in [0.4, 0.5) is 0 Å². The quantitative estimate of drug-likeness (QED) is 0.523. The number of aldehydes is 1. The summed E-state index contributed by atoms with van der Waals surface area (Å²) in [6, 6.07) is 0. The molecule has 0 heterocycles. The van der Waals surface area contributed by atoms with Gasteiger partial charge in [0.05, 0.1) is 12.6 Å². The molecule has 0 rings (SSSR count). The molecule has 54 valence electrons. The maximum absolute atomic E-state index is 9.87. The second-order valence-electron chi connectivity index (χ2n) is 2.24. The zero-order valence-corrected chi connectivity index (χ0v) is 5.87. The topological polar surface area (TPSA) is 40.5 Å². The van der Waals surface area contributed by atoms with Crippen molar-refractivity contribution in [2.75, 3.05) is 20.1 Å². The largest absolute Gasteiger partial charge is 0.392 e. The molecule has 3 heteroatoms.